The van der Waals surface area contributed by atoms with Gasteiger partial charge in [-0.25, -0.2) is 0 Å². The summed E-state index contributed by atoms with van der Waals surface area (Å²) < 4.78 is 35.5. The van der Waals surface area contributed by atoms with Crippen LogP contribution in [-0.4, -0.2) is 51.5 Å². The molecule has 1 aliphatic carbocycles. The van der Waals surface area contributed by atoms with E-state index < -0.39 is 5.79 Å². The molecule has 6 heteroatoms. The maximum atomic E-state index is 6.14. The number of hydrogen-bond donors (Lipinski definition) is 0. The fourth-order valence-corrected chi connectivity index (χ4v) is 4.92. The van der Waals surface area contributed by atoms with E-state index in [1.165, 1.54) is 12.8 Å². The van der Waals surface area contributed by atoms with Gasteiger partial charge in [0.05, 0.1) is 33.6 Å². The SMILES string of the molecule is CC(C)(C)OC(C)(C)OC(C)(C)C.CC(C)(C)OC1(OC(C)(C)C)CCCC1.CCCC(OC(C)(C)C)OC(C)(C)C. The van der Waals surface area contributed by atoms with Gasteiger partial charge in [0.25, 0.3) is 0 Å². The molecule has 0 aromatic rings. The number of hydrogen-bond acceptors (Lipinski definition) is 6. The second-order valence-electron chi connectivity index (χ2n) is 18.1. The van der Waals surface area contributed by atoms with Crippen molar-refractivity contribution >= 4 is 0 Å². The van der Waals surface area contributed by atoms with Crippen molar-refractivity contribution in [2.45, 2.75) is 235 Å². The van der Waals surface area contributed by atoms with Crippen LogP contribution in [0.4, 0.5) is 0 Å². The Morgan fingerprint density at radius 3 is 1.00 bits per heavy atom. The van der Waals surface area contributed by atoms with E-state index in [1.807, 2.05) is 55.4 Å². The molecular formula is C36H76O6. The summed E-state index contributed by atoms with van der Waals surface area (Å²) in [5.74, 6) is -0.868. The van der Waals surface area contributed by atoms with Gasteiger partial charge in [0.2, 0.25) is 0 Å². The normalized spacial score (nSPS) is 17.0. The zero-order valence-corrected chi connectivity index (χ0v) is 32.3. The molecule has 1 fully saturated rings. The standard InChI is InChI=1S/C13H26O2.C12H26O2.C11H24O2/c1-11(2,3)14-13(9-7-8-10-13)15-12(4,5)6;1-8-9-10(13-11(2,3)4)14-12(5,6)7;1-9(2,3)12-11(7,8)13-10(4,5)6/h7-10H2,1-6H3;10H,8-9H2,1-7H3;1-8H3. The Labute approximate surface area is 263 Å². The van der Waals surface area contributed by atoms with Gasteiger partial charge in [-0.15, -0.1) is 0 Å². The van der Waals surface area contributed by atoms with Gasteiger partial charge < -0.3 is 28.4 Å². The Balaban J connectivity index is 0. The summed E-state index contributed by atoms with van der Waals surface area (Å²) in [6.45, 7) is 43.1. The summed E-state index contributed by atoms with van der Waals surface area (Å²) in [5, 5.41) is 0. The van der Waals surface area contributed by atoms with Gasteiger partial charge in [-0.3, -0.25) is 0 Å². The van der Waals surface area contributed by atoms with E-state index in [-0.39, 0.29) is 45.7 Å². The first-order chi connectivity index (χ1) is 18.2. The summed E-state index contributed by atoms with van der Waals surface area (Å²) in [7, 11) is 0. The van der Waals surface area contributed by atoms with E-state index in [0.29, 0.717) is 0 Å². The molecule has 0 amide bonds. The molecule has 42 heavy (non-hydrogen) atoms. The van der Waals surface area contributed by atoms with Crippen LogP contribution < -0.4 is 0 Å². The fourth-order valence-electron chi connectivity index (χ4n) is 4.92. The number of ether oxygens (including phenoxy) is 6. The minimum absolute atomic E-state index is 0.0833. The van der Waals surface area contributed by atoms with Crippen LogP contribution >= 0.6 is 0 Å². The molecule has 0 N–H and O–H groups in total. The van der Waals surface area contributed by atoms with Crippen molar-refractivity contribution in [1.82, 2.24) is 0 Å². The molecule has 0 spiro atoms. The highest BCUT2D eigenvalue weighted by molar-refractivity contribution is 4.83. The highest BCUT2D eigenvalue weighted by Gasteiger charge is 2.42. The van der Waals surface area contributed by atoms with E-state index in [4.69, 9.17) is 28.4 Å². The third-order valence-electron chi connectivity index (χ3n) is 4.95. The van der Waals surface area contributed by atoms with E-state index in [1.54, 1.807) is 0 Å². The lowest BCUT2D eigenvalue weighted by Crippen LogP contribution is -2.44. The van der Waals surface area contributed by atoms with Gasteiger partial charge in [-0.05, 0) is 158 Å². The lowest BCUT2D eigenvalue weighted by Gasteiger charge is -2.40. The minimum atomic E-state index is -0.531. The van der Waals surface area contributed by atoms with E-state index >= 15 is 0 Å². The third kappa shape index (κ3) is 28.5. The van der Waals surface area contributed by atoms with Gasteiger partial charge in [-0.2, -0.15) is 0 Å². The Morgan fingerprint density at radius 2 is 0.786 bits per heavy atom. The fraction of sp³-hybridized carbons (Fsp3) is 1.00. The Bertz CT molecular complexity index is 657. The van der Waals surface area contributed by atoms with Crippen molar-refractivity contribution in [3.8, 4) is 0 Å². The average molecular weight is 605 g/mol. The van der Waals surface area contributed by atoms with E-state index in [2.05, 4.69) is 90.0 Å². The van der Waals surface area contributed by atoms with E-state index in [9.17, 15) is 0 Å². The molecule has 0 bridgehead atoms. The van der Waals surface area contributed by atoms with Crippen molar-refractivity contribution in [2.75, 3.05) is 0 Å². The molecule has 1 saturated carbocycles. The molecule has 0 aromatic heterocycles. The zero-order chi connectivity index (χ0) is 34.1. The van der Waals surface area contributed by atoms with Crippen molar-refractivity contribution < 1.29 is 28.4 Å². The van der Waals surface area contributed by atoms with E-state index in [0.717, 1.165) is 25.7 Å². The van der Waals surface area contributed by atoms with Crippen LogP contribution in [0.1, 0.15) is 184 Å². The molecule has 0 aromatic carbocycles. The summed E-state index contributed by atoms with van der Waals surface area (Å²) in [6.07, 6.45) is 6.44. The smallest absolute Gasteiger partial charge is 0.169 e. The first-order valence-corrected chi connectivity index (χ1v) is 16.3. The van der Waals surface area contributed by atoms with Gasteiger partial charge >= 0.3 is 0 Å². The van der Waals surface area contributed by atoms with Crippen molar-refractivity contribution in [3.63, 3.8) is 0 Å². The molecule has 0 saturated heterocycles. The Morgan fingerprint density at radius 1 is 0.476 bits per heavy atom. The molecule has 0 radical (unpaired) electrons. The molecule has 0 heterocycles. The molecular weight excluding hydrogens is 528 g/mol. The molecule has 1 rings (SSSR count). The molecule has 6 nitrogen and oxygen atoms in total. The largest absolute Gasteiger partial charge is 0.347 e. The van der Waals surface area contributed by atoms with Crippen LogP contribution in [-0.2, 0) is 28.4 Å². The van der Waals surface area contributed by atoms with Crippen molar-refractivity contribution in [2.24, 2.45) is 0 Å². The second kappa shape index (κ2) is 16.4. The van der Waals surface area contributed by atoms with Crippen LogP contribution in [0.3, 0.4) is 0 Å². The van der Waals surface area contributed by atoms with Crippen LogP contribution in [0.5, 0.6) is 0 Å². The van der Waals surface area contributed by atoms with Gasteiger partial charge in [0, 0.05) is 12.8 Å². The lowest BCUT2D eigenvalue weighted by molar-refractivity contribution is -0.307. The highest BCUT2D eigenvalue weighted by Crippen LogP contribution is 2.40. The Hall–Kier alpha value is -0.240. The quantitative estimate of drug-likeness (QED) is 0.257. The monoisotopic (exact) mass is 605 g/mol. The zero-order valence-electron chi connectivity index (χ0n) is 32.3. The highest BCUT2D eigenvalue weighted by atomic mass is 16.7. The Kier molecular flexibility index (Phi) is 17.1. The first kappa shape index (κ1) is 43.9. The van der Waals surface area contributed by atoms with Gasteiger partial charge in [-0.1, -0.05) is 13.3 Å². The number of rotatable bonds is 8. The van der Waals surface area contributed by atoms with Crippen LogP contribution in [0.15, 0.2) is 0 Å². The molecule has 0 unspecified atom stereocenters. The maximum absolute atomic E-state index is 6.14. The predicted molar refractivity (Wildman–Crippen MR) is 179 cm³/mol. The topological polar surface area (TPSA) is 55.4 Å². The predicted octanol–water partition coefficient (Wildman–Crippen LogP) is 11.0. The summed E-state index contributed by atoms with van der Waals surface area (Å²) in [4.78, 5) is 0. The molecule has 256 valence electrons. The average Bonchev–Trinajstić information content (AvgIpc) is 2.99. The van der Waals surface area contributed by atoms with Crippen molar-refractivity contribution in [3.05, 3.63) is 0 Å². The van der Waals surface area contributed by atoms with Crippen LogP contribution in [0.25, 0.3) is 0 Å². The molecule has 1 aliphatic rings. The minimum Gasteiger partial charge on any atom is -0.347 e. The van der Waals surface area contributed by atoms with Gasteiger partial charge in [0.1, 0.15) is 0 Å². The third-order valence-corrected chi connectivity index (χ3v) is 4.95. The van der Waals surface area contributed by atoms with Gasteiger partial charge in [0.15, 0.2) is 17.9 Å². The van der Waals surface area contributed by atoms with Crippen molar-refractivity contribution in [1.29, 1.82) is 0 Å². The summed E-state index contributed by atoms with van der Waals surface area (Å²) in [6, 6.07) is 0. The molecule has 0 atom stereocenters. The molecule has 0 aliphatic heterocycles. The second-order valence-corrected chi connectivity index (χ2v) is 18.1. The lowest BCUT2D eigenvalue weighted by atomic mass is 10.1. The summed E-state index contributed by atoms with van der Waals surface area (Å²) in [5.41, 5.74) is -0.870. The summed E-state index contributed by atoms with van der Waals surface area (Å²) >= 11 is 0. The first-order valence-electron chi connectivity index (χ1n) is 16.3. The maximum Gasteiger partial charge on any atom is 0.169 e. The van der Waals surface area contributed by atoms with Crippen LogP contribution in [0.2, 0.25) is 0 Å². The van der Waals surface area contributed by atoms with Crippen LogP contribution in [0, 0.1) is 0 Å².